The van der Waals surface area contributed by atoms with E-state index < -0.39 is 12.1 Å². The first kappa shape index (κ1) is 32.2. The maximum absolute atomic E-state index is 13.2. The number of aliphatic hydroxyl groups excluding tert-OH is 1. The highest BCUT2D eigenvalue weighted by molar-refractivity contribution is 5.85. The number of carbonyl (C=O) groups is 1. The molecule has 1 aliphatic rings. The first-order valence-electron chi connectivity index (χ1n) is 14.4. The average molecular weight is 607 g/mol. The third kappa shape index (κ3) is 8.22. The van der Waals surface area contributed by atoms with Gasteiger partial charge in [0.25, 0.3) is 0 Å². The van der Waals surface area contributed by atoms with E-state index in [4.69, 9.17) is 4.52 Å². The summed E-state index contributed by atoms with van der Waals surface area (Å²) in [7, 11) is 0. The molecule has 0 spiro atoms. The maximum atomic E-state index is 13.2. The molecule has 1 saturated carbocycles. The van der Waals surface area contributed by atoms with E-state index in [1.807, 2.05) is 24.3 Å². The van der Waals surface area contributed by atoms with Crippen LogP contribution >= 0.6 is 12.4 Å². The minimum absolute atomic E-state index is 0. The molecule has 9 heteroatoms. The van der Waals surface area contributed by atoms with Gasteiger partial charge in [-0.15, -0.1) is 12.4 Å². The molecule has 3 aromatic carbocycles. The summed E-state index contributed by atoms with van der Waals surface area (Å²) in [4.78, 5) is 12.0. The molecule has 0 aliphatic heterocycles. The lowest BCUT2D eigenvalue weighted by Crippen LogP contribution is -2.49. The fourth-order valence-corrected chi connectivity index (χ4v) is 5.17. The van der Waals surface area contributed by atoms with Gasteiger partial charge in [-0.2, -0.15) is 0 Å². The standard InChI is InChI=1S/C34H39FN4O3.ClH/c1-22(40)37-29(30(41)21-36-34(16-17-34)26-7-5-6-25(19-26)33(2,3)4)18-23-8-14-28(15-9-23)38-32-20-31(42-39-32)24-10-12-27(35)13-11-24;/h5-15,19-20,29-30,36,41H,16-18,21H2,1-4H3,(H,37,40)(H,38,39);1H/t29-,30+;/m0./s1. The number of halogens is 2. The largest absolute Gasteiger partial charge is 0.390 e. The molecule has 1 aromatic heterocycles. The lowest BCUT2D eigenvalue weighted by Gasteiger charge is -2.28. The van der Waals surface area contributed by atoms with Crippen LogP contribution in [0.25, 0.3) is 11.3 Å². The second-order valence-corrected chi connectivity index (χ2v) is 12.3. The van der Waals surface area contributed by atoms with Crippen LogP contribution in [0.1, 0.15) is 57.2 Å². The van der Waals surface area contributed by atoms with E-state index in [-0.39, 0.29) is 35.1 Å². The quantitative estimate of drug-likeness (QED) is 0.153. The molecule has 0 bridgehead atoms. The number of benzene rings is 3. The second kappa shape index (κ2) is 13.3. The molecular formula is C34H40ClFN4O3. The molecule has 4 N–H and O–H groups in total. The Kier molecular flexibility index (Phi) is 9.95. The van der Waals surface area contributed by atoms with Crippen molar-refractivity contribution < 1.29 is 18.8 Å². The van der Waals surface area contributed by atoms with Crippen LogP contribution in [-0.4, -0.2) is 34.9 Å². The van der Waals surface area contributed by atoms with E-state index >= 15 is 0 Å². The summed E-state index contributed by atoms with van der Waals surface area (Å²) in [5, 5.41) is 25.0. The molecule has 5 rings (SSSR count). The highest BCUT2D eigenvalue weighted by Gasteiger charge is 2.44. The number of amides is 1. The third-order valence-corrected chi connectivity index (χ3v) is 7.85. The van der Waals surface area contributed by atoms with Crippen LogP contribution in [0.2, 0.25) is 0 Å². The highest BCUT2D eigenvalue weighted by Crippen LogP contribution is 2.46. The molecule has 0 saturated heterocycles. The molecule has 0 radical (unpaired) electrons. The first-order chi connectivity index (χ1) is 20.0. The van der Waals surface area contributed by atoms with Crippen molar-refractivity contribution in [1.82, 2.24) is 15.8 Å². The van der Waals surface area contributed by atoms with E-state index in [2.05, 4.69) is 66.1 Å². The predicted octanol–water partition coefficient (Wildman–Crippen LogP) is 6.63. The van der Waals surface area contributed by atoms with Crippen molar-refractivity contribution in [2.75, 3.05) is 11.9 Å². The van der Waals surface area contributed by atoms with Gasteiger partial charge in [-0.3, -0.25) is 4.79 Å². The lowest BCUT2D eigenvalue weighted by molar-refractivity contribution is -0.120. The SMILES string of the molecule is CC(=O)N[C@@H](Cc1ccc(Nc2cc(-c3ccc(F)cc3)on2)cc1)[C@H](O)CNC1(c2cccc(C(C)(C)C)c2)CC1.Cl. The monoisotopic (exact) mass is 606 g/mol. The zero-order valence-corrected chi connectivity index (χ0v) is 25.8. The maximum Gasteiger partial charge on any atom is 0.217 e. The molecule has 1 fully saturated rings. The summed E-state index contributed by atoms with van der Waals surface area (Å²) in [6, 6.07) is 23.8. The Morgan fingerprint density at radius 3 is 2.37 bits per heavy atom. The molecule has 2 atom stereocenters. The number of hydrogen-bond acceptors (Lipinski definition) is 6. The van der Waals surface area contributed by atoms with E-state index in [1.54, 1.807) is 18.2 Å². The molecule has 43 heavy (non-hydrogen) atoms. The van der Waals surface area contributed by atoms with Gasteiger partial charge in [0, 0.05) is 36.3 Å². The Morgan fingerprint density at radius 1 is 1.05 bits per heavy atom. The smallest absolute Gasteiger partial charge is 0.217 e. The summed E-state index contributed by atoms with van der Waals surface area (Å²) in [5.74, 6) is 0.570. The van der Waals surface area contributed by atoms with Gasteiger partial charge in [-0.25, -0.2) is 4.39 Å². The zero-order chi connectivity index (χ0) is 29.9. The van der Waals surface area contributed by atoms with Crippen LogP contribution in [0.5, 0.6) is 0 Å². The van der Waals surface area contributed by atoms with E-state index in [1.165, 1.54) is 30.2 Å². The predicted molar refractivity (Wildman–Crippen MR) is 170 cm³/mol. The molecule has 1 aliphatic carbocycles. The van der Waals surface area contributed by atoms with Gasteiger partial charge in [-0.05, 0) is 77.8 Å². The third-order valence-electron chi connectivity index (χ3n) is 7.85. The van der Waals surface area contributed by atoms with E-state index in [0.717, 1.165) is 29.7 Å². The van der Waals surface area contributed by atoms with Gasteiger partial charge >= 0.3 is 0 Å². The van der Waals surface area contributed by atoms with Crippen LogP contribution in [0.4, 0.5) is 15.9 Å². The van der Waals surface area contributed by atoms with Crippen molar-refractivity contribution in [2.45, 2.75) is 70.1 Å². The fourth-order valence-electron chi connectivity index (χ4n) is 5.17. The summed E-state index contributed by atoms with van der Waals surface area (Å²) in [5.41, 5.74) is 4.99. The van der Waals surface area contributed by atoms with Gasteiger partial charge < -0.3 is 25.6 Å². The minimum Gasteiger partial charge on any atom is -0.390 e. The van der Waals surface area contributed by atoms with Gasteiger partial charge in [0.1, 0.15) is 5.82 Å². The van der Waals surface area contributed by atoms with Gasteiger partial charge in [0.2, 0.25) is 5.91 Å². The summed E-state index contributed by atoms with van der Waals surface area (Å²) >= 11 is 0. The minimum atomic E-state index is -0.769. The fraction of sp³-hybridized carbons (Fsp3) is 0.353. The Morgan fingerprint density at radius 2 is 1.74 bits per heavy atom. The molecule has 1 heterocycles. The van der Waals surface area contributed by atoms with Crippen molar-refractivity contribution in [3.05, 3.63) is 101 Å². The topological polar surface area (TPSA) is 99.4 Å². The number of anilines is 2. The Balaban J connectivity index is 0.00000423. The molecule has 1 amide bonds. The number of hydrogen-bond donors (Lipinski definition) is 4. The van der Waals surface area contributed by atoms with Crippen molar-refractivity contribution in [3.63, 3.8) is 0 Å². The summed E-state index contributed by atoms with van der Waals surface area (Å²) in [6.07, 6.45) is 1.75. The molecule has 4 aromatic rings. The number of nitrogens with zero attached hydrogens (tertiary/aromatic N) is 1. The van der Waals surface area contributed by atoms with Crippen LogP contribution in [0.3, 0.4) is 0 Å². The van der Waals surface area contributed by atoms with Gasteiger partial charge in [0.15, 0.2) is 11.6 Å². The van der Waals surface area contributed by atoms with Crippen LogP contribution in [0, 0.1) is 5.82 Å². The number of nitrogens with one attached hydrogen (secondary N) is 3. The molecule has 7 nitrogen and oxygen atoms in total. The van der Waals surface area contributed by atoms with Crippen molar-refractivity contribution in [3.8, 4) is 11.3 Å². The Bertz CT molecular complexity index is 1510. The number of aromatic nitrogens is 1. The Hall–Kier alpha value is -3.72. The molecular weight excluding hydrogens is 567 g/mol. The van der Waals surface area contributed by atoms with Crippen LogP contribution in [0.15, 0.2) is 83.4 Å². The molecule has 228 valence electrons. The van der Waals surface area contributed by atoms with Crippen LogP contribution < -0.4 is 16.0 Å². The van der Waals surface area contributed by atoms with Crippen molar-refractivity contribution in [2.24, 2.45) is 0 Å². The van der Waals surface area contributed by atoms with E-state index in [9.17, 15) is 14.3 Å². The van der Waals surface area contributed by atoms with Crippen LogP contribution in [-0.2, 0) is 22.2 Å². The highest BCUT2D eigenvalue weighted by atomic mass is 35.5. The summed E-state index contributed by atoms with van der Waals surface area (Å²) < 4.78 is 18.6. The number of rotatable bonds is 11. The first-order valence-corrected chi connectivity index (χ1v) is 14.4. The van der Waals surface area contributed by atoms with E-state index in [0.29, 0.717) is 24.5 Å². The number of aliphatic hydroxyl groups is 1. The van der Waals surface area contributed by atoms with Crippen molar-refractivity contribution >= 4 is 29.8 Å². The van der Waals surface area contributed by atoms with Gasteiger partial charge in [0.05, 0.1) is 12.1 Å². The number of carbonyl (C=O) groups excluding carboxylic acids is 1. The second-order valence-electron chi connectivity index (χ2n) is 12.3. The average Bonchev–Trinajstić information content (AvgIpc) is 3.62. The zero-order valence-electron chi connectivity index (χ0n) is 25.0. The van der Waals surface area contributed by atoms with Crippen molar-refractivity contribution in [1.29, 1.82) is 0 Å². The Labute approximate surface area is 258 Å². The lowest BCUT2D eigenvalue weighted by atomic mass is 9.85. The normalized spacial score (nSPS) is 15.2. The molecule has 0 unspecified atom stereocenters. The summed E-state index contributed by atoms with van der Waals surface area (Å²) in [6.45, 7) is 8.48. The van der Waals surface area contributed by atoms with Gasteiger partial charge in [-0.1, -0.05) is 62.3 Å².